The van der Waals surface area contributed by atoms with Crippen molar-refractivity contribution in [1.29, 1.82) is 0 Å². The van der Waals surface area contributed by atoms with E-state index in [1.165, 1.54) is 96.4 Å². The molecule has 0 aliphatic heterocycles. The Kier molecular flexibility index (Phi) is 24.4. The third kappa shape index (κ3) is 31.5. The van der Waals surface area contributed by atoms with Crippen LogP contribution in [0.15, 0.2) is 0 Å². The summed E-state index contributed by atoms with van der Waals surface area (Å²) in [6.45, 7) is 3.63. The normalized spacial score (nSPS) is 11.4. The molecule has 0 aromatic rings. The van der Waals surface area contributed by atoms with Gasteiger partial charge in [-0.05, 0) is 12.8 Å². The van der Waals surface area contributed by atoms with Gasteiger partial charge in [0.1, 0.15) is 0 Å². The van der Waals surface area contributed by atoms with E-state index >= 15 is 0 Å². The monoisotopic (exact) mass is 460 g/mol. The van der Waals surface area contributed by atoms with Gasteiger partial charge in [0.15, 0.2) is 0 Å². The van der Waals surface area contributed by atoms with Gasteiger partial charge in [-0.15, -0.1) is 0 Å². The predicted molar refractivity (Wildman–Crippen MR) is 105 cm³/mol. The summed E-state index contributed by atoms with van der Waals surface area (Å²) in [5.41, 5.74) is 0. The average molecular weight is 462 g/mol. The van der Waals surface area contributed by atoms with Crippen LogP contribution < -0.4 is 0 Å². The van der Waals surface area contributed by atoms with Crippen LogP contribution >= 0.6 is 19.1 Å². The van der Waals surface area contributed by atoms with E-state index in [2.05, 4.69) is 28.1 Å². The van der Waals surface area contributed by atoms with Crippen molar-refractivity contribution in [3.05, 3.63) is 0 Å². The summed E-state index contributed by atoms with van der Waals surface area (Å²) < 4.78 is 1.12. The molecular formula is C19H42Cl2NPd+. The van der Waals surface area contributed by atoms with Crippen molar-refractivity contribution in [2.45, 2.75) is 96.8 Å². The van der Waals surface area contributed by atoms with E-state index in [1.54, 1.807) is 0 Å². The number of nitrogens with zero attached hydrogens (tertiary/aromatic N) is 1. The summed E-state index contributed by atoms with van der Waals surface area (Å²) in [7, 11) is 16.5. The van der Waals surface area contributed by atoms with Crippen molar-refractivity contribution in [3.8, 4) is 0 Å². The van der Waals surface area contributed by atoms with Crippen LogP contribution in [-0.2, 0) is 15.9 Å². The fraction of sp³-hybridized carbons (Fsp3) is 1.00. The van der Waals surface area contributed by atoms with Gasteiger partial charge in [-0.1, -0.05) is 84.0 Å². The molecule has 0 aromatic carbocycles. The summed E-state index contributed by atoms with van der Waals surface area (Å²) in [6.07, 6.45) is 20.4. The van der Waals surface area contributed by atoms with Gasteiger partial charge < -0.3 is 4.48 Å². The molecule has 0 saturated carbocycles. The zero-order valence-electron chi connectivity index (χ0n) is 16.1. The van der Waals surface area contributed by atoms with Crippen LogP contribution in [0.2, 0.25) is 0 Å². The van der Waals surface area contributed by atoms with Gasteiger partial charge >= 0.3 is 35.0 Å². The molecule has 0 unspecified atom stereocenters. The molecule has 0 radical (unpaired) electrons. The van der Waals surface area contributed by atoms with Crippen LogP contribution in [0.25, 0.3) is 0 Å². The second kappa shape index (κ2) is 21.2. The van der Waals surface area contributed by atoms with Gasteiger partial charge in [0, 0.05) is 0 Å². The molecule has 0 heterocycles. The summed E-state index contributed by atoms with van der Waals surface area (Å²) in [6, 6.07) is 0. The molecule has 0 N–H and O–H groups in total. The van der Waals surface area contributed by atoms with Crippen LogP contribution in [0.4, 0.5) is 0 Å². The molecule has 0 spiro atoms. The molecule has 0 rings (SSSR count). The van der Waals surface area contributed by atoms with Crippen molar-refractivity contribution >= 4 is 19.1 Å². The first-order valence-electron chi connectivity index (χ1n) is 9.60. The van der Waals surface area contributed by atoms with E-state index in [0.717, 1.165) is 4.48 Å². The molecular weight excluding hydrogens is 420 g/mol. The van der Waals surface area contributed by atoms with E-state index in [4.69, 9.17) is 19.1 Å². The molecule has 0 aliphatic rings. The Hall–Kier alpha value is 1.20. The summed E-state index contributed by atoms with van der Waals surface area (Å²) in [5.74, 6) is 0. The Morgan fingerprint density at radius 2 is 0.826 bits per heavy atom. The SMILES string of the molecule is CCCCCCCCCCCCCCCC[N+](C)(C)C.[Cl][Pd][Cl]. The first kappa shape index (κ1) is 26.4. The topological polar surface area (TPSA) is 0 Å². The fourth-order valence-electron chi connectivity index (χ4n) is 2.78. The van der Waals surface area contributed by atoms with Crippen LogP contribution in [-0.4, -0.2) is 32.2 Å². The summed E-state index contributed by atoms with van der Waals surface area (Å²) in [4.78, 5) is 0. The third-order valence-electron chi connectivity index (χ3n) is 4.18. The number of hydrogen-bond donors (Lipinski definition) is 0. The first-order chi connectivity index (χ1) is 11.0. The number of unbranched alkanes of at least 4 members (excludes halogenated alkanes) is 13. The van der Waals surface area contributed by atoms with Crippen molar-refractivity contribution in [2.24, 2.45) is 0 Å². The zero-order chi connectivity index (χ0) is 17.8. The summed E-state index contributed by atoms with van der Waals surface area (Å²) in [5, 5.41) is 0. The van der Waals surface area contributed by atoms with Crippen LogP contribution in [0.1, 0.15) is 96.8 Å². The second-order valence-electron chi connectivity index (χ2n) is 7.66. The number of halogens is 2. The van der Waals surface area contributed by atoms with Crippen molar-refractivity contribution < 1.29 is 20.4 Å². The van der Waals surface area contributed by atoms with Gasteiger partial charge in [0.05, 0.1) is 27.7 Å². The Bertz CT molecular complexity index is 208. The maximum absolute atomic E-state index is 4.81. The molecule has 23 heavy (non-hydrogen) atoms. The third-order valence-corrected chi connectivity index (χ3v) is 4.18. The molecule has 0 saturated heterocycles. The number of rotatable bonds is 15. The molecule has 146 valence electrons. The molecule has 0 bridgehead atoms. The molecule has 0 aromatic heterocycles. The van der Waals surface area contributed by atoms with Crippen LogP contribution in [0, 0.1) is 0 Å². The van der Waals surface area contributed by atoms with E-state index < -0.39 is 0 Å². The van der Waals surface area contributed by atoms with Crippen molar-refractivity contribution in [1.82, 2.24) is 0 Å². The van der Waals surface area contributed by atoms with E-state index in [0.29, 0.717) is 0 Å². The zero-order valence-corrected chi connectivity index (χ0v) is 19.2. The number of hydrogen-bond acceptors (Lipinski definition) is 0. The Balaban J connectivity index is 0. The Labute approximate surface area is 163 Å². The van der Waals surface area contributed by atoms with Crippen LogP contribution in [0.5, 0.6) is 0 Å². The average Bonchev–Trinajstić information content (AvgIpc) is 2.47. The second-order valence-corrected chi connectivity index (χ2v) is 10.0. The van der Waals surface area contributed by atoms with Gasteiger partial charge in [0.25, 0.3) is 0 Å². The molecule has 1 nitrogen and oxygen atoms in total. The van der Waals surface area contributed by atoms with Gasteiger partial charge in [-0.3, -0.25) is 0 Å². The quantitative estimate of drug-likeness (QED) is 0.134. The predicted octanol–water partition coefficient (Wildman–Crippen LogP) is 7.55. The van der Waals surface area contributed by atoms with Crippen molar-refractivity contribution in [3.63, 3.8) is 0 Å². The van der Waals surface area contributed by atoms with Gasteiger partial charge in [0.2, 0.25) is 0 Å². The van der Waals surface area contributed by atoms with E-state index in [-0.39, 0.29) is 15.9 Å². The molecule has 0 fully saturated rings. The standard InChI is InChI=1S/C19H42N.2ClH.Pd/c1-5-6-7-8-9-10-11-12-13-14-15-16-17-18-19-20(2,3)4;;;/h5-19H2,1-4H3;2*1H;/q+1;;;+2/p-2. The van der Waals surface area contributed by atoms with Crippen LogP contribution in [0.3, 0.4) is 0 Å². The molecule has 4 heteroatoms. The fourth-order valence-corrected chi connectivity index (χ4v) is 2.78. The summed E-state index contributed by atoms with van der Waals surface area (Å²) >= 11 is -0.106. The molecule has 0 amide bonds. The van der Waals surface area contributed by atoms with E-state index in [1.807, 2.05) is 0 Å². The Morgan fingerprint density at radius 3 is 1.09 bits per heavy atom. The minimum absolute atomic E-state index is 0.106. The molecule has 0 aliphatic carbocycles. The van der Waals surface area contributed by atoms with Gasteiger partial charge in [-0.25, -0.2) is 0 Å². The first-order valence-corrected chi connectivity index (χ1v) is 13.6. The Morgan fingerprint density at radius 1 is 0.565 bits per heavy atom. The van der Waals surface area contributed by atoms with E-state index in [9.17, 15) is 0 Å². The van der Waals surface area contributed by atoms with Crippen molar-refractivity contribution in [2.75, 3.05) is 27.7 Å². The van der Waals surface area contributed by atoms with Gasteiger partial charge in [-0.2, -0.15) is 0 Å². The number of quaternary nitrogens is 1. The maximum atomic E-state index is 4.81. The minimum atomic E-state index is -0.106. The molecule has 0 atom stereocenters.